The van der Waals surface area contributed by atoms with E-state index < -0.39 is 15.5 Å². The summed E-state index contributed by atoms with van der Waals surface area (Å²) in [6.07, 6.45) is 1.65. The highest BCUT2D eigenvalue weighted by Gasteiger charge is 2.46. The fourth-order valence-corrected chi connectivity index (χ4v) is 2.65. The Hall–Kier alpha value is -1.44. The predicted octanol–water partition coefficient (Wildman–Crippen LogP) is 2.88. The minimum absolute atomic E-state index is 0.0881. The lowest BCUT2D eigenvalue weighted by Gasteiger charge is -2.40. The van der Waals surface area contributed by atoms with Crippen molar-refractivity contribution in [2.45, 2.75) is 25.3 Å². The summed E-state index contributed by atoms with van der Waals surface area (Å²) in [5, 5.41) is 0. The standard InChI is InChI=1S/C12H14F3N2O2S/c1-2-17-7-3-4-9-5-6-10(8-11(9)17)16-20(18,19)12(13,14)15/h5-8,16H,2-4H2,1H3/q-1. The zero-order valence-electron chi connectivity index (χ0n) is 10.7. The van der Waals surface area contributed by atoms with Crippen LogP contribution in [0.5, 0.6) is 0 Å². The molecule has 0 fully saturated rings. The van der Waals surface area contributed by atoms with E-state index in [2.05, 4.69) is 0 Å². The zero-order valence-corrected chi connectivity index (χ0v) is 11.6. The average molecular weight is 307 g/mol. The second kappa shape index (κ2) is 5.16. The van der Waals surface area contributed by atoms with E-state index in [-0.39, 0.29) is 5.69 Å². The van der Waals surface area contributed by atoms with Crippen LogP contribution in [0.3, 0.4) is 0 Å². The summed E-state index contributed by atoms with van der Waals surface area (Å²) in [5.74, 6) is 0. The molecule has 1 N–H and O–H groups in total. The SMILES string of the molecule is CCN1[CH-]CCc2ccc(NS(=O)(=O)C(F)(F)F)cc21. The predicted molar refractivity (Wildman–Crippen MR) is 70.7 cm³/mol. The van der Waals surface area contributed by atoms with Crippen molar-refractivity contribution in [2.75, 3.05) is 16.2 Å². The second-order valence-electron chi connectivity index (χ2n) is 4.40. The molecular weight excluding hydrogens is 293 g/mol. The van der Waals surface area contributed by atoms with Crippen LogP contribution in [0.1, 0.15) is 18.9 Å². The average Bonchev–Trinajstić information content (AvgIpc) is 2.36. The zero-order chi connectivity index (χ0) is 15.0. The van der Waals surface area contributed by atoms with E-state index in [1.807, 2.05) is 18.4 Å². The number of fused-ring (bicyclic) bond motifs is 1. The maximum atomic E-state index is 12.3. The van der Waals surface area contributed by atoms with Crippen molar-refractivity contribution in [3.63, 3.8) is 0 Å². The molecule has 0 bridgehead atoms. The fraction of sp³-hybridized carbons (Fsp3) is 0.417. The molecule has 0 spiro atoms. The van der Waals surface area contributed by atoms with E-state index >= 15 is 0 Å². The van der Waals surface area contributed by atoms with Gasteiger partial charge in [-0.1, -0.05) is 19.4 Å². The van der Waals surface area contributed by atoms with Gasteiger partial charge in [-0.15, -0.1) is 0 Å². The third-order valence-electron chi connectivity index (χ3n) is 3.06. The van der Waals surface area contributed by atoms with E-state index in [9.17, 15) is 21.6 Å². The van der Waals surface area contributed by atoms with Gasteiger partial charge in [0.05, 0.1) is 5.69 Å². The van der Waals surface area contributed by atoms with Crippen LogP contribution in [0.2, 0.25) is 0 Å². The van der Waals surface area contributed by atoms with Gasteiger partial charge in [-0.05, 0) is 24.2 Å². The number of rotatable bonds is 3. The normalized spacial score (nSPS) is 15.9. The Balaban J connectivity index is 2.32. The molecule has 1 aliphatic rings. The van der Waals surface area contributed by atoms with Gasteiger partial charge in [-0.2, -0.15) is 28.0 Å². The minimum atomic E-state index is -5.38. The largest absolute Gasteiger partial charge is 0.522 e. The summed E-state index contributed by atoms with van der Waals surface area (Å²) in [4.78, 5) is 1.89. The molecule has 112 valence electrons. The highest BCUT2D eigenvalue weighted by molar-refractivity contribution is 7.93. The number of hydrogen-bond acceptors (Lipinski definition) is 3. The first-order chi connectivity index (χ1) is 9.24. The highest BCUT2D eigenvalue weighted by atomic mass is 32.2. The topological polar surface area (TPSA) is 49.4 Å². The molecule has 4 nitrogen and oxygen atoms in total. The first kappa shape index (κ1) is 15.0. The van der Waals surface area contributed by atoms with Crippen molar-refractivity contribution in [1.82, 2.24) is 0 Å². The lowest BCUT2D eigenvalue weighted by atomic mass is 10.0. The smallest absolute Gasteiger partial charge is 0.516 e. The van der Waals surface area contributed by atoms with Crippen molar-refractivity contribution in [2.24, 2.45) is 0 Å². The monoisotopic (exact) mass is 307 g/mol. The molecule has 0 aromatic heterocycles. The minimum Gasteiger partial charge on any atom is -0.522 e. The van der Waals surface area contributed by atoms with Crippen LogP contribution in [-0.2, 0) is 16.4 Å². The molecule has 1 aliphatic heterocycles. The molecule has 0 radical (unpaired) electrons. The first-order valence-corrected chi connectivity index (χ1v) is 7.55. The van der Waals surface area contributed by atoms with Crippen LogP contribution in [0, 0.1) is 6.54 Å². The van der Waals surface area contributed by atoms with Gasteiger partial charge in [0.15, 0.2) is 0 Å². The van der Waals surface area contributed by atoms with Gasteiger partial charge in [0, 0.05) is 5.69 Å². The molecule has 0 saturated carbocycles. The molecular formula is C12H14F3N2O2S-. The Bertz CT molecular complexity index is 599. The highest BCUT2D eigenvalue weighted by Crippen LogP contribution is 2.33. The lowest BCUT2D eigenvalue weighted by molar-refractivity contribution is -0.0429. The van der Waals surface area contributed by atoms with E-state index in [0.29, 0.717) is 6.54 Å². The van der Waals surface area contributed by atoms with Gasteiger partial charge in [0.1, 0.15) is 0 Å². The number of anilines is 2. The van der Waals surface area contributed by atoms with Crippen molar-refractivity contribution in [3.05, 3.63) is 30.3 Å². The summed E-state index contributed by atoms with van der Waals surface area (Å²) in [6.45, 7) is 4.53. The molecule has 0 amide bonds. The Morgan fingerprint density at radius 2 is 2.10 bits per heavy atom. The van der Waals surface area contributed by atoms with Crippen LogP contribution < -0.4 is 9.62 Å². The summed E-state index contributed by atoms with van der Waals surface area (Å²) < 4.78 is 60.7. The Morgan fingerprint density at radius 3 is 2.70 bits per heavy atom. The van der Waals surface area contributed by atoms with Crippen molar-refractivity contribution in [1.29, 1.82) is 0 Å². The molecule has 0 aliphatic carbocycles. The summed E-state index contributed by atoms with van der Waals surface area (Å²) >= 11 is 0. The summed E-state index contributed by atoms with van der Waals surface area (Å²) in [7, 11) is -5.38. The number of alkyl halides is 3. The first-order valence-electron chi connectivity index (χ1n) is 6.06. The van der Waals surface area contributed by atoms with Gasteiger partial charge in [-0.3, -0.25) is 4.72 Å². The lowest BCUT2D eigenvalue weighted by Crippen LogP contribution is -2.30. The third-order valence-corrected chi connectivity index (χ3v) is 4.17. The van der Waals surface area contributed by atoms with Gasteiger partial charge >= 0.3 is 15.5 Å². The molecule has 0 unspecified atom stereocenters. The van der Waals surface area contributed by atoms with Crippen molar-refractivity contribution >= 4 is 21.4 Å². The maximum Gasteiger partial charge on any atom is 0.516 e. The van der Waals surface area contributed by atoms with Crippen molar-refractivity contribution in [3.8, 4) is 0 Å². The maximum absolute atomic E-state index is 12.3. The summed E-state index contributed by atoms with van der Waals surface area (Å²) in [5.41, 5.74) is -3.68. The molecule has 2 rings (SSSR count). The number of nitrogens with one attached hydrogen (secondary N) is 1. The van der Waals surface area contributed by atoms with E-state index in [1.54, 1.807) is 10.8 Å². The van der Waals surface area contributed by atoms with Crippen LogP contribution in [0.15, 0.2) is 18.2 Å². The number of hydrogen-bond donors (Lipinski definition) is 1. The molecule has 20 heavy (non-hydrogen) atoms. The molecule has 1 heterocycles. The van der Waals surface area contributed by atoms with Crippen LogP contribution in [-0.4, -0.2) is 20.5 Å². The van der Waals surface area contributed by atoms with Crippen LogP contribution in [0.25, 0.3) is 0 Å². The Kier molecular flexibility index (Phi) is 3.86. The Labute approximate surface area is 115 Å². The van der Waals surface area contributed by atoms with Gasteiger partial charge < -0.3 is 4.90 Å². The van der Waals surface area contributed by atoms with E-state index in [4.69, 9.17) is 0 Å². The van der Waals surface area contributed by atoms with Crippen LogP contribution >= 0.6 is 0 Å². The van der Waals surface area contributed by atoms with Crippen molar-refractivity contribution < 1.29 is 21.6 Å². The number of benzene rings is 1. The van der Waals surface area contributed by atoms with Gasteiger partial charge in [0.25, 0.3) is 0 Å². The quantitative estimate of drug-likeness (QED) is 0.874. The van der Waals surface area contributed by atoms with E-state index in [0.717, 1.165) is 24.1 Å². The number of aryl methyl sites for hydroxylation is 1. The number of sulfonamides is 1. The number of nitrogens with zero attached hydrogens (tertiary/aromatic N) is 1. The fourth-order valence-electron chi connectivity index (χ4n) is 2.09. The second-order valence-corrected chi connectivity index (χ2v) is 6.08. The molecule has 1 aromatic carbocycles. The van der Waals surface area contributed by atoms with E-state index in [1.165, 1.54) is 12.1 Å². The molecule has 0 atom stereocenters. The Morgan fingerprint density at radius 1 is 1.40 bits per heavy atom. The van der Waals surface area contributed by atoms with Gasteiger partial charge in [0.2, 0.25) is 0 Å². The van der Waals surface area contributed by atoms with Gasteiger partial charge in [-0.25, -0.2) is 6.54 Å². The van der Waals surface area contributed by atoms with Crippen LogP contribution in [0.4, 0.5) is 24.5 Å². The molecule has 1 aromatic rings. The number of halogens is 3. The third kappa shape index (κ3) is 2.84. The molecule has 0 saturated heterocycles. The molecule has 8 heteroatoms. The summed E-state index contributed by atoms with van der Waals surface area (Å²) in [6, 6.07) is 4.43.